The first kappa shape index (κ1) is 15.3. The molecule has 1 rings (SSSR count). The minimum absolute atomic E-state index is 0.363. The van der Waals surface area contributed by atoms with E-state index in [0.717, 1.165) is 0 Å². The van der Waals surface area contributed by atoms with Crippen LogP contribution in [0.2, 0.25) is 0 Å². The lowest BCUT2D eigenvalue weighted by Crippen LogP contribution is -2.30. The smallest absolute Gasteiger partial charge is 0.338 e. The van der Waals surface area contributed by atoms with Crippen molar-refractivity contribution in [1.29, 1.82) is 0 Å². The second-order valence-corrected chi connectivity index (χ2v) is 5.01. The van der Waals surface area contributed by atoms with Crippen LogP contribution >= 0.6 is 0 Å². The van der Waals surface area contributed by atoms with Crippen molar-refractivity contribution < 1.29 is 24.5 Å². The van der Waals surface area contributed by atoms with E-state index in [0.29, 0.717) is 23.8 Å². The summed E-state index contributed by atoms with van der Waals surface area (Å²) in [5, 5.41) is 8.68. The Morgan fingerprint density at radius 3 is 2.42 bits per heavy atom. The highest BCUT2D eigenvalue weighted by atomic mass is 17.1. The highest BCUT2D eigenvalue weighted by Crippen LogP contribution is 2.18. The first-order chi connectivity index (χ1) is 8.88. The normalized spacial score (nSPS) is 12.8. The Kier molecular flexibility index (Phi) is 5.20. The molecule has 19 heavy (non-hydrogen) atoms. The SMILES string of the molecule is CC(CC(C)(C)OO)OC(=O)c1ccc(C=O)cc1. The predicted molar refractivity (Wildman–Crippen MR) is 69.1 cm³/mol. The first-order valence-corrected chi connectivity index (χ1v) is 5.97. The zero-order chi connectivity index (χ0) is 14.5. The molecule has 1 aromatic carbocycles. The molecule has 0 saturated heterocycles. The average molecular weight is 266 g/mol. The largest absolute Gasteiger partial charge is 0.459 e. The maximum Gasteiger partial charge on any atom is 0.338 e. The standard InChI is InChI=1S/C14H18O5/c1-10(8-14(2,3)19-17)18-13(16)12-6-4-11(9-15)5-7-12/h4-7,9-10,17H,8H2,1-3H3. The molecule has 0 heterocycles. The number of ether oxygens (including phenoxy) is 1. The molecule has 0 bridgehead atoms. The van der Waals surface area contributed by atoms with Gasteiger partial charge in [-0.15, -0.1) is 0 Å². The molecular formula is C14H18O5. The van der Waals surface area contributed by atoms with Gasteiger partial charge in [0.1, 0.15) is 18.0 Å². The molecular weight excluding hydrogens is 248 g/mol. The molecule has 0 spiro atoms. The summed E-state index contributed by atoms with van der Waals surface area (Å²) < 4.78 is 5.23. The molecule has 0 aliphatic rings. The van der Waals surface area contributed by atoms with E-state index >= 15 is 0 Å². The van der Waals surface area contributed by atoms with Gasteiger partial charge in [-0.25, -0.2) is 9.68 Å². The Balaban J connectivity index is 2.61. The zero-order valence-electron chi connectivity index (χ0n) is 11.3. The Morgan fingerprint density at radius 2 is 1.95 bits per heavy atom. The summed E-state index contributed by atoms with van der Waals surface area (Å²) in [6, 6.07) is 6.17. The van der Waals surface area contributed by atoms with Crippen LogP contribution in [-0.2, 0) is 9.62 Å². The van der Waals surface area contributed by atoms with Gasteiger partial charge in [0, 0.05) is 12.0 Å². The predicted octanol–water partition coefficient (Wildman–Crippen LogP) is 2.70. The molecule has 104 valence electrons. The van der Waals surface area contributed by atoms with Crippen LogP contribution in [-0.4, -0.2) is 29.2 Å². The molecule has 0 radical (unpaired) electrons. The molecule has 0 saturated carbocycles. The van der Waals surface area contributed by atoms with Gasteiger partial charge in [-0.1, -0.05) is 12.1 Å². The van der Waals surface area contributed by atoms with Crippen LogP contribution in [0.3, 0.4) is 0 Å². The zero-order valence-corrected chi connectivity index (χ0v) is 11.3. The van der Waals surface area contributed by atoms with Gasteiger partial charge in [0.15, 0.2) is 0 Å². The topological polar surface area (TPSA) is 72.8 Å². The van der Waals surface area contributed by atoms with Crippen LogP contribution in [0.5, 0.6) is 0 Å². The molecule has 1 aromatic rings. The fraction of sp³-hybridized carbons (Fsp3) is 0.429. The number of benzene rings is 1. The van der Waals surface area contributed by atoms with E-state index in [2.05, 4.69) is 4.89 Å². The Labute approximate surface area is 112 Å². The molecule has 5 nitrogen and oxygen atoms in total. The summed E-state index contributed by atoms with van der Waals surface area (Å²) in [6.45, 7) is 5.10. The van der Waals surface area contributed by atoms with E-state index < -0.39 is 17.7 Å². The van der Waals surface area contributed by atoms with Gasteiger partial charge in [-0.2, -0.15) is 0 Å². The summed E-state index contributed by atoms with van der Waals surface area (Å²) in [5.41, 5.74) is 0.0979. The lowest BCUT2D eigenvalue weighted by Gasteiger charge is -2.24. The summed E-state index contributed by atoms with van der Waals surface area (Å²) >= 11 is 0. The fourth-order valence-corrected chi connectivity index (χ4v) is 1.72. The summed E-state index contributed by atoms with van der Waals surface area (Å²) in [6.07, 6.45) is 0.668. The molecule has 0 fully saturated rings. The third-order valence-corrected chi connectivity index (χ3v) is 2.62. The van der Waals surface area contributed by atoms with Gasteiger partial charge < -0.3 is 4.74 Å². The fourth-order valence-electron chi connectivity index (χ4n) is 1.72. The minimum Gasteiger partial charge on any atom is -0.459 e. The second-order valence-electron chi connectivity index (χ2n) is 5.01. The van der Waals surface area contributed by atoms with Gasteiger partial charge in [0.2, 0.25) is 0 Å². The quantitative estimate of drug-likeness (QED) is 0.371. The molecule has 1 N–H and O–H groups in total. The van der Waals surface area contributed by atoms with Crippen LogP contribution in [0.15, 0.2) is 24.3 Å². The van der Waals surface area contributed by atoms with Crippen molar-refractivity contribution in [2.75, 3.05) is 0 Å². The highest BCUT2D eigenvalue weighted by Gasteiger charge is 2.24. The molecule has 0 amide bonds. The minimum atomic E-state index is -0.777. The molecule has 5 heteroatoms. The van der Waals surface area contributed by atoms with Crippen molar-refractivity contribution in [1.82, 2.24) is 0 Å². The van der Waals surface area contributed by atoms with Crippen molar-refractivity contribution in [3.05, 3.63) is 35.4 Å². The first-order valence-electron chi connectivity index (χ1n) is 5.97. The molecule has 1 unspecified atom stereocenters. The lowest BCUT2D eigenvalue weighted by atomic mass is 10.0. The molecule has 0 aliphatic heterocycles. The van der Waals surface area contributed by atoms with E-state index in [4.69, 9.17) is 9.99 Å². The number of esters is 1. The Hall–Kier alpha value is -1.72. The van der Waals surface area contributed by atoms with Crippen molar-refractivity contribution in [3.63, 3.8) is 0 Å². The number of hydrogen-bond acceptors (Lipinski definition) is 5. The van der Waals surface area contributed by atoms with Gasteiger partial charge in [-0.05, 0) is 32.9 Å². The Morgan fingerprint density at radius 1 is 1.37 bits per heavy atom. The molecule has 0 aliphatic carbocycles. The van der Waals surface area contributed by atoms with Crippen molar-refractivity contribution in [3.8, 4) is 0 Å². The Bertz CT molecular complexity index is 436. The van der Waals surface area contributed by atoms with Crippen molar-refractivity contribution in [2.24, 2.45) is 0 Å². The summed E-state index contributed by atoms with van der Waals surface area (Å²) in [7, 11) is 0. The van der Waals surface area contributed by atoms with Gasteiger partial charge in [0.05, 0.1) is 5.56 Å². The third kappa shape index (κ3) is 4.81. The second kappa shape index (κ2) is 6.45. The van der Waals surface area contributed by atoms with E-state index in [1.54, 1.807) is 32.9 Å². The summed E-state index contributed by atoms with van der Waals surface area (Å²) in [4.78, 5) is 26.6. The number of carbonyl (C=O) groups excluding carboxylic acids is 2. The number of hydrogen-bond donors (Lipinski definition) is 1. The van der Waals surface area contributed by atoms with Crippen LogP contribution in [0.4, 0.5) is 0 Å². The third-order valence-electron chi connectivity index (χ3n) is 2.62. The van der Waals surface area contributed by atoms with Crippen LogP contribution in [0.25, 0.3) is 0 Å². The van der Waals surface area contributed by atoms with Gasteiger partial charge in [0.25, 0.3) is 0 Å². The average Bonchev–Trinajstić information content (AvgIpc) is 2.38. The van der Waals surface area contributed by atoms with E-state index in [1.165, 1.54) is 12.1 Å². The number of rotatable bonds is 6. The van der Waals surface area contributed by atoms with E-state index in [1.807, 2.05) is 0 Å². The van der Waals surface area contributed by atoms with E-state index in [9.17, 15) is 9.59 Å². The van der Waals surface area contributed by atoms with Gasteiger partial charge >= 0.3 is 5.97 Å². The maximum absolute atomic E-state index is 11.8. The molecule has 0 aromatic heterocycles. The van der Waals surface area contributed by atoms with Crippen molar-refractivity contribution in [2.45, 2.75) is 38.9 Å². The van der Waals surface area contributed by atoms with Crippen LogP contribution in [0, 0.1) is 0 Å². The number of aldehydes is 1. The van der Waals surface area contributed by atoms with E-state index in [-0.39, 0.29) is 0 Å². The van der Waals surface area contributed by atoms with Crippen LogP contribution in [0.1, 0.15) is 47.9 Å². The van der Waals surface area contributed by atoms with Crippen LogP contribution < -0.4 is 0 Å². The number of carbonyl (C=O) groups is 2. The maximum atomic E-state index is 11.8. The summed E-state index contributed by atoms with van der Waals surface area (Å²) in [5.74, 6) is -0.473. The monoisotopic (exact) mass is 266 g/mol. The lowest BCUT2D eigenvalue weighted by molar-refractivity contribution is -0.317. The molecule has 1 atom stereocenters. The van der Waals surface area contributed by atoms with Gasteiger partial charge in [-0.3, -0.25) is 10.1 Å². The van der Waals surface area contributed by atoms with Crippen molar-refractivity contribution >= 4 is 12.3 Å². The highest BCUT2D eigenvalue weighted by molar-refractivity contribution is 5.90.